The minimum Gasteiger partial charge on any atom is -0.311 e. The van der Waals surface area contributed by atoms with Gasteiger partial charge in [-0.05, 0) is 37.4 Å². The van der Waals surface area contributed by atoms with E-state index in [9.17, 15) is 0 Å². The lowest BCUT2D eigenvalue weighted by Gasteiger charge is -2.10. The maximum atomic E-state index is 6.15. The van der Waals surface area contributed by atoms with Gasteiger partial charge in [0.05, 0.1) is 0 Å². The van der Waals surface area contributed by atoms with Gasteiger partial charge in [0.1, 0.15) is 0 Å². The molecule has 1 aliphatic carbocycles. The van der Waals surface area contributed by atoms with Gasteiger partial charge in [-0.2, -0.15) is 0 Å². The first kappa shape index (κ1) is 8.69. The summed E-state index contributed by atoms with van der Waals surface area (Å²) in [7, 11) is 0. The Morgan fingerprint density at radius 3 is 3.21 bits per heavy atom. The monoisotopic (exact) mass is 208 g/mol. The molecule has 0 bridgehead atoms. The van der Waals surface area contributed by atoms with Crippen LogP contribution in [0.5, 0.6) is 0 Å². The second-order valence-electron chi connectivity index (χ2n) is 4.34. The van der Waals surface area contributed by atoms with E-state index in [1.54, 1.807) is 6.20 Å². The molecule has 1 aromatic rings. The zero-order chi connectivity index (χ0) is 9.60. The fourth-order valence-corrected chi connectivity index (χ4v) is 2.90. The molecule has 1 saturated carbocycles. The summed E-state index contributed by atoms with van der Waals surface area (Å²) in [6.07, 6.45) is 7.50. The van der Waals surface area contributed by atoms with Crippen LogP contribution < -0.4 is 5.32 Å². The summed E-state index contributed by atoms with van der Waals surface area (Å²) < 4.78 is 0. The van der Waals surface area contributed by atoms with Crippen molar-refractivity contribution in [2.24, 2.45) is 0 Å². The molecule has 0 aromatic carbocycles. The Morgan fingerprint density at radius 1 is 1.57 bits per heavy atom. The molecular weight excluding hydrogens is 196 g/mol. The summed E-state index contributed by atoms with van der Waals surface area (Å²) in [6, 6.07) is 1.89. The van der Waals surface area contributed by atoms with Crippen LogP contribution in [0.15, 0.2) is 18.5 Å². The second-order valence-corrected chi connectivity index (χ2v) is 4.75. The van der Waals surface area contributed by atoms with Gasteiger partial charge in [-0.15, -0.1) is 0 Å². The molecule has 74 valence electrons. The van der Waals surface area contributed by atoms with Crippen molar-refractivity contribution in [3.63, 3.8) is 0 Å². The van der Waals surface area contributed by atoms with Crippen LogP contribution in [0.2, 0.25) is 5.02 Å². The summed E-state index contributed by atoms with van der Waals surface area (Å²) in [6.45, 7) is 1.16. The Labute approximate surface area is 88.7 Å². The molecule has 2 unspecified atom stereocenters. The van der Waals surface area contributed by atoms with Gasteiger partial charge >= 0.3 is 0 Å². The zero-order valence-electron chi connectivity index (χ0n) is 7.96. The van der Waals surface area contributed by atoms with E-state index in [2.05, 4.69) is 10.3 Å². The van der Waals surface area contributed by atoms with Crippen molar-refractivity contribution in [1.82, 2.24) is 10.3 Å². The lowest BCUT2D eigenvalue weighted by Crippen LogP contribution is -2.25. The Morgan fingerprint density at radius 2 is 2.50 bits per heavy atom. The minimum atomic E-state index is 0.382. The Balaban J connectivity index is 1.89. The third-order valence-electron chi connectivity index (χ3n) is 3.52. The molecular formula is C11H13ClN2. The number of nitrogens with one attached hydrogen (secondary N) is 1. The van der Waals surface area contributed by atoms with Crippen LogP contribution in [0.25, 0.3) is 0 Å². The van der Waals surface area contributed by atoms with Gasteiger partial charge in [0.2, 0.25) is 0 Å². The summed E-state index contributed by atoms with van der Waals surface area (Å²) in [5.41, 5.74) is 1.61. The molecule has 0 radical (unpaired) electrons. The van der Waals surface area contributed by atoms with Crippen molar-refractivity contribution >= 4 is 11.6 Å². The number of pyridine rings is 1. The molecule has 1 aliphatic heterocycles. The molecule has 3 rings (SSSR count). The molecule has 14 heavy (non-hydrogen) atoms. The molecule has 2 heterocycles. The average molecular weight is 209 g/mol. The van der Waals surface area contributed by atoms with Crippen LogP contribution in [0.1, 0.15) is 30.7 Å². The number of rotatable bonds is 1. The number of nitrogens with zero attached hydrogens (tertiary/aromatic N) is 1. The van der Waals surface area contributed by atoms with Crippen molar-refractivity contribution in [2.75, 3.05) is 6.54 Å². The van der Waals surface area contributed by atoms with Gasteiger partial charge in [-0.3, -0.25) is 4.98 Å². The van der Waals surface area contributed by atoms with E-state index in [4.69, 9.17) is 11.6 Å². The second kappa shape index (κ2) is 2.94. The maximum Gasteiger partial charge on any atom is 0.0472 e. The first-order valence-corrected chi connectivity index (χ1v) is 5.54. The SMILES string of the molecule is Clc1ccncc1C1CC12CCCN2. The first-order chi connectivity index (χ1) is 6.82. The Bertz CT molecular complexity index is 358. The van der Waals surface area contributed by atoms with Gasteiger partial charge in [0, 0.05) is 28.9 Å². The lowest BCUT2D eigenvalue weighted by molar-refractivity contribution is 0.578. The normalized spacial score (nSPS) is 35.1. The number of halogens is 1. The smallest absolute Gasteiger partial charge is 0.0472 e. The van der Waals surface area contributed by atoms with Crippen LogP contribution in [-0.2, 0) is 0 Å². The minimum absolute atomic E-state index is 0.382. The standard InChI is InChI=1S/C11H13ClN2/c12-10-2-5-13-7-8(10)9-6-11(9)3-1-4-14-11/h2,5,7,9,14H,1,3-4,6H2. The van der Waals surface area contributed by atoms with E-state index in [0.29, 0.717) is 11.5 Å². The summed E-state index contributed by atoms with van der Waals surface area (Å²) in [5, 5.41) is 4.47. The molecule has 2 fully saturated rings. The Kier molecular flexibility index (Phi) is 1.83. The van der Waals surface area contributed by atoms with Gasteiger partial charge in [-0.25, -0.2) is 0 Å². The van der Waals surface area contributed by atoms with E-state index in [1.807, 2.05) is 12.3 Å². The highest BCUT2D eigenvalue weighted by molar-refractivity contribution is 6.31. The third kappa shape index (κ3) is 1.17. The third-order valence-corrected chi connectivity index (χ3v) is 3.87. The van der Waals surface area contributed by atoms with Gasteiger partial charge in [-0.1, -0.05) is 11.6 Å². The summed E-state index contributed by atoms with van der Waals surface area (Å²) >= 11 is 6.15. The number of hydrogen-bond acceptors (Lipinski definition) is 2. The van der Waals surface area contributed by atoms with E-state index < -0.39 is 0 Å². The van der Waals surface area contributed by atoms with Crippen molar-refractivity contribution < 1.29 is 0 Å². The molecule has 3 heteroatoms. The van der Waals surface area contributed by atoms with Crippen molar-refractivity contribution in [2.45, 2.75) is 30.7 Å². The number of hydrogen-bond donors (Lipinski definition) is 1. The molecule has 1 N–H and O–H groups in total. The van der Waals surface area contributed by atoms with Crippen molar-refractivity contribution in [3.05, 3.63) is 29.0 Å². The topological polar surface area (TPSA) is 24.9 Å². The van der Waals surface area contributed by atoms with Crippen molar-refractivity contribution in [1.29, 1.82) is 0 Å². The first-order valence-electron chi connectivity index (χ1n) is 5.16. The number of aromatic nitrogens is 1. The lowest BCUT2D eigenvalue weighted by atomic mass is 10.1. The molecule has 1 aromatic heterocycles. The van der Waals surface area contributed by atoms with Gasteiger partial charge in [0.25, 0.3) is 0 Å². The summed E-state index contributed by atoms with van der Waals surface area (Å²) in [4.78, 5) is 4.15. The van der Waals surface area contributed by atoms with Gasteiger partial charge < -0.3 is 5.32 Å². The molecule has 1 saturated heterocycles. The molecule has 1 spiro atoms. The highest BCUT2D eigenvalue weighted by Gasteiger charge is 2.56. The largest absolute Gasteiger partial charge is 0.311 e. The fourth-order valence-electron chi connectivity index (χ4n) is 2.66. The molecule has 2 aliphatic rings. The molecule has 0 amide bonds. The van der Waals surface area contributed by atoms with Crippen LogP contribution in [0.3, 0.4) is 0 Å². The van der Waals surface area contributed by atoms with E-state index in [-0.39, 0.29) is 0 Å². The fraction of sp³-hybridized carbons (Fsp3) is 0.545. The van der Waals surface area contributed by atoms with E-state index >= 15 is 0 Å². The van der Waals surface area contributed by atoms with E-state index in [1.165, 1.54) is 24.8 Å². The van der Waals surface area contributed by atoms with Gasteiger partial charge in [0.15, 0.2) is 0 Å². The van der Waals surface area contributed by atoms with Crippen molar-refractivity contribution in [3.8, 4) is 0 Å². The van der Waals surface area contributed by atoms with Crippen LogP contribution >= 0.6 is 11.6 Å². The van der Waals surface area contributed by atoms with Crippen LogP contribution in [0, 0.1) is 0 Å². The Hall–Kier alpha value is -0.600. The molecule has 2 atom stereocenters. The predicted octanol–water partition coefficient (Wildman–Crippen LogP) is 2.34. The van der Waals surface area contributed by atoms with E-state index in [0.717, 1.165) is 11.6 Å². The zero-order valence-corrected chi connectivity index (χ0v) is 8.72. The van der Waals surface area contributed by atoms with Crippen LogP contribution in [0.4, 0.5) is 0 Å². The predicted molar refractivity (Wildman–Crippen MR) is 56.6 cm³/mol. The van der Waals surface area contributed by atoms with Crippen LogP contribution in [-0.4, -0.2) is 17.1 Å². The quantitative estimate of drug-likeness (QED) is 0.767. The molecule has 2 nitrogen and oxygen atoms in total. The maximum absolute atomic E-state index is 6.15. The average Bonchev–Trinajstić information content (AvgIpc) is 2.67. The highest BCUT2D eigenvalue weighted by atomic mass is 35.5. The summed E-state index contributed by atoms with van der Waals surface area (Å²) in [5.74, 6) is 0.603. The highest BCUT2D eigenvalue weighted by Crippen LogP contribution is 2.57.